The van der Waals surface area contributed by atoms with E-state index in [0.717, 1.165) is 0 Å². The summed E-state index contributed by atoms with van der Waals surface area (Å²) in [5.41, 5.74) is -2.64. The summed E-state index contributed by atoms with van der Waals surface area (Å²) in [4.78, 5) is -0.0226. The maximum atomic E-state index is 12.7. The molecule has 0 aliphatic carbocycles. The molecule has 0 spiro atoms. The maximum Gasteiger partial charge on any atom is 0.420 e. The molecule has 0 aliphatic heterocycles. The summed E-state index contributed by atoms with van der Waals surface area (Å²) in [6, 6.07) is 0. The van der Waals surface area contributed by atoms with Crippen LogP contribution in [0.2, 0.25) is 0 Å². The number of likely N-dealkylation sites (N-methyl/N-ethyl adjacent to an activating group) is 1. The van der Waals surface area contributed by atoms with Crippen LogP contribution < -0.4 is 0 Å². The molecule has 0 rings (SSSR count). The Hall–Kier alpha value is -1.38. The third kappa shape index (κ3) is 2.65. The minimum Gasteiger partial charge on any atom is -0.270 e. The quantitative estimate of drug-likeness (QED) is 0.427. The first-order valence-corrected chi connectivity index (χ1v) is 4.19. The molecular weight excluding hydrogens is 248 g/mol. The number of hydrogen-bond acceptors (Lipinski definition) is 1. The Balaban J connectivity index is 5.96. The van der Waals surface area contributed by atoms with Crippen molar-refractivity contribution in [1.29, 1.82) is 0 Å². The predicted octanol–water partition coefficient (Wildman–Crippen LogP) is 2.76. The van der Waals surface area contributed by atoms with Crippen molar-refractivity contribution in [3.63, 3.8) is 0 Å². The minimum absolute atomic E-state index is 0.0226. The zero-order chi connectivity index (χ0) is 13.9. The third-order valence-corrected chi connectivity index (χ3v) is 2.11. The molecule has 0 amide bonds. The number of rotatable bonds is 3. The van der Waals surface area contributed by atoms with Crippen LogP contribution >= 0.6 is 0 Å². The molecular formula is C10H9F6N. The van der Waals surface area contributed by atoms with Gasteiger partial charge in [-0.05, 0) is 13.1 Å². The number of nitrogens with zero attached hydrogens (tertiary/aromatic N) is 1. The molecule has 0 saturated carbocycles. The molecule has 0 bridgehead atoms. The fourth-order valence-electron chi connectivity index (χ4n) is 1.28. The van der Waals surface area contributed by atoms with Crippen molar-refractivity contribution in [2.75, 3.05) is 13.6 Å². The first kappa shape index (κ1) is 15.6. The minimum atomic E-state index is -5.58. The van der Waals surface area contributed by atoms with E-state index in [1.54, 1.807) is 5.92 Å². The Bertz CT molecular complexity index is 338. The molecule has 0 aromatic rings. The molecule has 0 saturated heterocycles. The van der Waals surface area contributed by atoms with Crippen molar-refractivity contribution in [2.45, 2.75) is 17.9 Å². The molecule has 0 aromatic carbocycles. The van der Waals surface area contributed by atoms with E-state index in [4.69, 9.17) is 6.42 Å². The highest BCUT2D eigenvalue weighted by atomic mass is 19.4. The average molecular weight is 257 g/mol. The average Bonchev–Trinajstić information content (AvgIpc) is 2.09. The molecule has 0 radical (unpaired) electrons. The van der Waals surface area contributed by atoms with Crippen molar-refractivity contribution in [3.05, 3.63) is 18.4 Å². The summed E-state index contributed by atoms with van der Waals surface area (Å²) in [5, 5.41) is 0. The van der Waals surface area contributed by atoms with E-state index < -0.39 is 24.4 Å². The fraction of sp³-hybridized carbons (Fsp3) is 0.500. The highest BCUT2D eigenvalue weighted by molar-refractivity contribution is 5.17. The molecule has 7 heteroatoms. The van der Waals surface area contributed by atoms with E-state index in [2.05, 4.69) is 6.58 Å². The lowest BCUT2D eigenvalue weighted by Gasteiger charge is -2.40. The summed E-state index contributed by atoms with van der Waals surface area (Å²) >= 11 is 0. The Morgan fingerprint density at radius 1 is 1.18 bits per heavy atom. The van der Waals surface area contributed by atoms with Crippen LogP contribution in [0.15, 0.2) is 18.4 Å². The third-order valence-electron chi connectivity index (χ3n) is 2.11. The van der Waals surface area contributed by atoms with Gasteiger partial charge in [0.15, 0.2) is 0 Å². The van der Waals surface area contributed by atoms with Gasteiger partial charge in [-0.1, -0.05) is 12.5 Å². The predicted molar refractivity (Wildman–Crippen MR) is 50.0 cm³/mol. The van der Waals surface area contributed by atoms with E-state index in [1.165, 1.54) is 5.73 Å². The van der Waals surface area contributed by atoms with E-state index in [1.807, 2.05) is 0 Å². The zero-order valence-electron chi connectivity index (χ0n) is 8.78. The lowest BCUT2D eigenvalue weighted by Crippen LogP contribution is -2.65. The van der Waals surface area contributed by atoms with Gasteiger partial charge in [-0.2, -0.15) is 26.3 Å². The summed E-state index contributed by atoms with van der Waals surface area (Å²) in [6.45, 7) is 1.93. The summed E-state index contributed by atoms with van der Waals surface area (Å²) in [6.07, 6.45) is -6.61. The van der Waals surface area contributed by atoms with Gasteiger partial charge in [-0.3, -0.25) is 4.90 Å². The molecule has 0 aromatic heterocycles. The van der Waals surface area contributed by atoms with Gasteiger partial charge in [-0.25, -0.2) is 0 Å². The number of halogens is 6. The number of alkyl halides is 6. The summed E-state index contributed by atoms with van der Waals surface area (Å²) < 4.78 is 76.2. The molecule has 0 aliphatic rings. The van der Waals surface area contributed by atoms with Gasteiger partial charge in [0.05, 0.1) is 6.54 Å². The molecule has 17 heavy (non-hydrogen) atoms. The standard InChI is InChI=1S/C10H9F6N/c1-4-6-8(9(11,12)13,10(14,15)16)17(3)7-5-2/h2,6H,1,7H2,3H3. The van der Waals surface area contributed by atoms with Gasteiger partial charge in [0, 0.05) is 0 Å². The van der Waals surface area contributed by atoms with Gasteiger partial charge in [0.2, 0.25) is 5.54 Å². The van der Waals surface area contributed by atoms with E-state index in [-0.39, 0.29) is 11.0 Å². The van der Waals surface area contributed by atoms with Crippen LogP contribution in [0.5, 0.6) is 0 Å². The fourth-order valence-corrected chi connectivity index (χ4v) is 1.28. The maximum absolute atomic E-state index is 12.7. The van der Waals surface area contributed by atoms with Crippen LogP contribution in [-0.2, 0) is 0 Å². The second kappa shape index (κ2) is 4.86. The number of hydrogen-bond donors (Lipinski definition) is 0. The lowest BCUT2D eigenvalue weighted by molar-refractivity contribution is -0.318. The highest BCUT2D eigenvalue weighted by Crippen LogP contribution is 2.47. The molecule has 1 nitrogen and oxygen atoms in total. The Morgan fingerprint density at radius 2 is 1.59 bits per heavy atom. The first-order chi connectivity index (χ1) is 7.54. The molecule has 0 heterocycles. The largest absolute Gasteiger partial charge is 0.420 e. The van der Waals surface area contributed by atoms with Crippen LogP contribution in [0.4, 0.5) is 26.3 Å². The second-order valence-electron chi connectivity index (χ2n) is 3.17. The van der Waals surface area contributed by atoms with Crippen molar-refractivity contribution >= 4 is 0 Å². The Kier molecular flexibility index (Phi) is 4.47. The number of terminal acetylenes is 1. The van der Waals surface area contributed by atoms with Crippen molar-refractivity contribution < 1.29 is 26.3 Å². The van der Waals surface area contributed by atoms with Crippen molar-refractivity contribution in [3.8, 4) is 12.3 Å². The SMILES string of the molecule is C#CCN(C)C(C=C=C)(C(F)(F)F)C(F)(F)F. The van der Waals surface area contributed by atoms with E-state index >= 15 is 0 Å². The van der Waals surface area contributed by atoms with Crippen LogP contribution in [0.3, 0.4) is 0 Å². The second-order valence-corrected chi connectivity index (χ2v) is 3.17. The molecule has 96 valence electrons. The van der Waals surface area contributed by atoms with E-state index in [0.29, 0.717) is 7.05 Å². The summed E-state index contributed by atoms with van der Waals surface area (Å²) in [5.74, 6) is 1.73. The normalized spacial score (nSPS) is 13.1. The van der Waals surface area contributed by atoms with Gasteiger partial charge in [0.1, 0.15) is 0 Å². The van der Waals surface area contributed by atoms with Gasteiger partial charge < -0.3 is 0 Å². The van der Waals surface area contributed by atoms with Gasteiger partial charge >= 0.3 is 12.4 Å². The van der Waals surface area contributed by atoms with Crippen molar-refractivity contribution in [2.24, 2.45) is 0 Å². The molecule has 0 atom stereocenters. The molecule has 0 unspecified atom stereocenters. The molecule has 0 fully saturated rings. The topological polar surface area (TPSA) is 3.24 Å². The van der Waals surface area contributed by atoms with Crippen LogP contribution in [0, 0.1) is 12.3 Å². The first-order valence-electron chi connectivity index (χ1n) is 4.19. The van der Waals surface area contributed by atoms with Gasteiger partial charge in [-0.15, -0.1) is 12.2 Å². The van der Waals surface area contributed by atoms with E-state index in [9.17, 15) is 26.3 Å². The zero-order valence-corrected chi connectivity index (χ0v) is 8.78. The Labute approximate surface area is 94.4 Å². The molecule has 0 N–H and O–H groups in total. The van der Waals surface area contributed by atoms with Crippen LogP contribution in [0.25, 0.3) is 0 Å². The highest BCUT2D eigenvalue weighted by Gasteiger charge is 2.71. The Morgan fingerprint density at radius 3 is 1.82 bits per heavy atom. The monoisotopic (exact) mass is 257 g/mol. The smallest absolute Gasteiger partial charge is 0.270 e. The van der Waals surface area contributed by atoms with Crippen LogP contribution in [-0.4, -0.2) is 36.4 Å². The van der Waals surface area contributed by atoms with Crippen molar-refractivity contribution in [1.82, 2.24) is 4.90 Å². The summed E-state index contributed by atoms with van der Waals surface area (Å²) in [7, 11) is 0.634. The lowest BCUT2D eigenvalue weighted by atomic mass is 9.95. The van der Waals surface area contributed by atoms with Crippen LogP contribution in [0.1, 0.15) is 0 Å². The van der Waals surface area contributed by atoms with Gasteiger partial charge in [0.25, 0.3) is 0 Å².